The van der Waals surface area contributed by atoms with Crippen LogP contribution in [0.5, 0.6) is 0 Å². The molecule has 0 radical (unpaired) electrons. The van der Waals surface area contributed by atoms with Crippen molar-refractivity contribution in [2.75, 3.05) is 5.32 Å². The second-order valence-corrected chi connectivity index (χ2v) is 7.73. The van der Waals surface area contributed by atoms with Crippen LogP contribution in [0, 0.1) is 11.3 Å². The number of fused-ring (bicyclic) bond motifs is 1. The smallest absolute Gasteiger partial charge is 0.341 e. The molecule has 0 fully saturated rings. The van der Waals surface area contributed by atoms with E-state index in [9.17, 15) is 31.1 Å². The highest BCUT2D eigenvalue weighted by molar-refractivity contribution is 7.91. The predicted molar refractivity (Wildman–Crippen MR) is 85.5 cm³/mol. The Morgan fingerprint density at radius 3 is 2.67 bits per heavy atom. The maximum atomic E-state index is 14.0. The molecule has 1 aliphatic carbocycles. The number of hydrogen-bond acceptors (Lipinski definition) is 6. The van der Waals surface area contributed by atoms with Gasteiger partial charge in [0.15, 0.2) is 0 Å². The van der Waals surface area contributed by atoms with Gasteiger partial charge < -0.3 is 10.4 Å². The molecule has 11 heteroatoms. The third kappa shape index (κ3) is 3.22. The van der Waals surface area contributed by atoms with E-state index in [1.165, 1.54) is 18.5 Å². The number of aliphatic hydroxyl groups is 1. The Hall–Kier alpha value is -2.71. The van der Waals surface area contributed by atoms with Gasteiger partial charge in [-0.2, -0.15) is 14.0 Å². The van der Waals surface area contributed by atoms with Crippen molar-refractivity contribution in [1.82, 2.24) is 4.98 Å². The van der Waals surface area contributed by atoms with Gasteiger partial charge in [-0.05, 0) is 23.8 Å². The molecule has 1 heterocycles. The molecule has 1 aromatic carbocycles. The van der Waals surface area contributed by atoms with E-state index in [4.69, 9.17) is 5.26 Å². The average Bonchev–Trinajstić information content (AvgIpc) is 2.85. The molecule has 142 valence electrons. The number of anilines is 2. The van der Waals surface area contributed by atoms with Crippen molar-refractivity contribution in [3.05, 3.63) is 47.3 Å². The number of nitriles is 1. The lowest BCUT2D eigenvalue weighted by Crippen LogP contribution is -2.23. The summed E-state index contributed by atoms with van der Waals surface area (Å²) in [5.41, 5.74) is -0.637. The number of benzene rings is 1. The lowest BCUT2D eigenvalue weighted by atomic mass is 10.1. The van der Waals surface area contributed by atoms with Crippen molar-refractivity contribution in [2.24, 2.45) is 0 Å². The Kier molecular flexibility index (Phi) is 4.57. The molecule has 0 saturated carbocycles. The van der Waals surface area contributed by atoms with Crippen LogP contribution >= 0.6 is 0 Å². The summed E-state index contributed by atoms with van der Waals surface area (Å²) in [6.45, 7) is 0. The van der Waals surface area contributed by atoms with Gasteiger partial charge in [-0.3, -0.25) is 4.98 Å². The number of halogens is 4. The number of alkyl halides is 4. The van der Waals surface area contributed by atoms with Gasteiger partial charge in [0.1, 0.15) is 12.2 Å². The SMILES string of the molecule is N#Cc1cncc(Nc2ccc(S(=O)(=O)C(F)F)c3c2CC(F)(F)[C@H]3O)c1. The summed E-state index contributed by atoms with van der Waals surface area (Å²) in [6.07, 6.45) is -1.02. The maximum absolute atomic E-state index is 14.0. The number of aliphatic hydroxyl groups excluding tert-OH is 1. The average molecular weight is 401 g/mol. The van der Waals surface area contributed by atoms with E-state index in [-0.39, 0.29) is 22.5 Å². The summed E-state index contributed by atoms with van der Waals surface area (Å²) >= 11 is 0. The lowest BCUT2D eigenvalue weighted by Gasteiger charge is -2.17. The Bertz CT molecular complexity index is 1050. The first-order valence-corrected chi connectivity index (χ1v) is 8.98. The number of pyridine rings is 1. The fourth-order valence-electron chi connectivity index (χ4n) is 2.86. The summed E-state index contributed by atoms with van der Waals surface area (Å²) in [7, 11) is -5.20. The molecule has 2 N–H and O–H groups in total. The van der Waals surface area contributed by atoms with E-state index in [0.717, 1.165) is 12.1 Å². The van der Waals surface area contributed by atoms with Crippen LogP contribution in [0.15, 0.2) is 35.5 Å². The van der Waals surface area contributed by atoms with E-state index in [1.54, 1.807) is 0 Å². The zero-order valence-electron chi connectivity index (χ0n) is 13.3. The normalized spacial score (nSPS) is 18.2. The summed E-state index contributed by atoms with van der Waals surface area (Å²) < 4.78 is 77.5. The van der Waals surface area contributed by atoms with Crippen molar-refractivity contribution in [3.63, 3.8) is 0 Å². The number of nitrogens with one attached hydrogen (secondary N) is 1. The Morgan fingerprint density at radius 2 is 2.04 bits per heavy atom. The summed E-state index contributed by atoms with van der Waals surface area (Å²) in [5.74, 6) is -7.54. The molecule has 0 bridgehead atoms. The molecule has 0 unspecified atom stereocenters. The van der Waals surface area contributed by atoms with Gasteiger partial charge in [0, 0.05) is 23.9 Å². The fourth-order valence-corrected chi connectivity index (χ4v) is 3.85. The Balaban J connectivity index is 2.15. The van der Waals surface area contributed by atoms with Gasteiger partial charge in [0.05, 0.1) is 22.3 Å². The monoisotopic (exact) mass is 401 g/mol. The molecule has 27 heavy (non-hydrogen) atoms. The quantitative estimate of drug-likeness (QED) is 0.764. The van der Waals surface area contributed by atoms with Gasteiger partial charge >= 0.3 is 5.76 Å². The van der Waals surface area contributed by atoms with E-state index in [0.29, 0.717) is 0 Å². The molecule has 1 atom stereocenters. The standard InChI is InChI=1S/C16H11F4N3O3S/c17-15(18)27(25,26)12-2-1-11(10-4-16(19,20)14(24)13(10)12)23-9-3-8(5-21)6-22-7-9/h1-3,6-7,14-15,23-24H,4H2/t14-/m0/s1. The number of aromatic nitrogens is 1. The van der Waals surface area contributed by atoms with E-state index in [1.807, 2.05) is 6.07 Å². The second kappa shape index (κ2) is 6.47. The second-order valence-electron chi connectivity index (χ2n) is 5.85. The summed E-state index contributed by atoms with van der Waals surface area (Å²) in [4.78, 5) is 2.76. The zero-order valence-corrected chi connectivity index (χ0v) is 14.1. The van der Waals surface area contributed by atoms with Crippen LogP contribution in [0.4, 0.5) is 28.9 Å². The summed E-state index contributed by atoms with van der Waals surface area (Å²) in [6, 6.07) is 5.01. The van der Waals surface area contributed by atoms with Crippen LogP contribution in [0.2, 0.25) is 0 Å². The topological polar surface area (TPSA) is 103 Å². The molecule has 0 aliphatic heterocycles. The predicted octanol–water partition coefficient (Wildman–Crippen LogP) is 2.92. The van der Waals surface area contributed by atoms with Gasteiger partial charge in [0.25, 0.3) is 5.92 Å². The number of rotatable bonds is 4. The number of nitrogens with zero attached hydrogens (tertiary/aromatic N) is 2. The minimum atomic E-state index is -5.20. The molecular formula is C16H11F4N3O3S. The largest absolute Gasteiger partial charge is 0.382 e. The highest BCUT2D eigenvalue weighted by atomic mass is 32.2. The lowest BCUT2D eigenvalue weighted by molar-refractivity contribution is -0.0976. The first-order valence-electron chi connectivity index (χ1n) is 7.44. The van der Waals surface area contributed by atoms with Crippen LogP contribution in [0.1, 0.15) is 22.8 Å². The molecular weight excluding hydrogens is 390 g/mol. The van der Waals surface area contributed by atoms with E-state index >= 15 is 0 Å². The molecule has 0 saturated heterocycles. The maximum Gasteiger partial charge on any atom is 0.341 e. The van der Waals surface area contributed by atoms with Crippen LogP contribution in [0.3, 0.4) is 0 Å². The Morgan fingerprint density at radius 1 is 1.33 bits per heavy atom. The molecule has 2 aromatic rings. The molecule has 1 aromatic heterocycles. The van der Waals surface area contributed by atoms with Gasteiger partial charge in [0.2, 0.25) is 9.84 Å². The van der Waals surface area contributed by atoms with Crippen molar-refractivity contribution < 1.29 is 31.1 Å². The van der Waals surface area contributed by atoms with Crippen molar-refractivity contribution in [2.45, 2.75) is 29.1 Å². The molecule has 0 spiro atoms. The molecule has 1 aliphatic rings. The third-order valence-corrected chi connectivity index (χ3v) is 5.53. The summed E-state index contributed by atoms with van der Waals surface area (Å²) in [5, 5.41) is 21.4. The van der Waals surface area contributed by atoms with Crippen LogP contribution < -0.4 is 5.32 Å². The number of hydrogen-bond donors (Lipinski definition) is 2. The van der Waals surface area contributed by atoms with Crippen LogP contribution in [-0.4, -0.2) is 30.2 Å². The molecule has 6 nitrogen and oxygen atoms in total. The van der Waals surface area contributed by atoms with Crippen LogP contribution in [0.25, 0.3) is 0 Å². The zero-order chi connectivity index (χ0) is 20.0. The highest BCUT2D eigenvalue weighted by Gasteiger charge is 2.51. The van der Waals surface area contributed by atoms with Gasteiger partial charge in [-0.25, -0.2) is 17.2 Å². The molecule has 0 amide bonds. The highest BCUT2D eigenvalue weighted by Crippen LogP contribution is 2.49. The van der Waals surface area contributed by atoms with Crippen molar-refractivity contribution in [1.29, 1.82) is 5.26 Å². The van der Waals surface area contributed by atoms with E-state index < -0.39 is 44.5 Å². The van der Waals surface area contributed by atoms with E-state index in [2.05, 4.69) is 10.3 Å². The Labute approximate surface area is 151 Å². The third-order valence-electron chi connectivity index (χ3n) is 4.09. The first-order chi connectivity index (χ1) is 12.6. The minimum absolute atomic E-state index is 0.00803. The molecule has 3 rings (SSSR count). The van der Waals surface area contributed by atoms with Crippen molar-refractivity contribution in [3.8, 4) is 6.07 Å². The van der Waals surface area contributed by atoms with Crippen LogP contribution in [-0.2, 0) is 16.3 Å². The van der Waals surface area contributed by atoms with Crippen molar-refractivity contribution >= 4 is 21.2 Å². The minimum Gasteiger partial charge on any atom is -0.382 e. The van der Waals surface area contributed by atoms with Gasteiger partial charge in [-0.15, -0.1) is 0 Å². The number of sulfone groups is 1. The first kappa shape index (κ1) is 19.1. The fraction of sp³-hybridized carbons (Fsp3) is 0.250. The van der Waals surface area contributed by atoms with Gasteiger partial charge in [-0.1, -0.05) is 0 Å².